The summed E-state index contributed by atoms with van der Waals surface area (Å²) in [6.07, 6.45) is 0.0492. The summed E-state index contributed by atoms with van der Waals surface area (Å²) >= 11 is 3.37. The van der Waals surface area contributed by atoms with E-state index in [-0.39, 0.29) is 12.3 Å². The van der Waals surface area contributed by atoms with Gasteiger partial charge in [0.15, 0.2) is 11.5 Å². The SMILES string of the molecule is COc1ccc(C(=O)N/N=C(\C)CC(=O)Nc2ccccc2Br)cc1OC. The van der Waals surface area contributed by atoms with Gasteiger partial charge in [0.05, 0.1) is 26.3 Å². The number of benzene rings is 2. The molecule has 0 saturated carbocycles. The Balaban J connectivity index is 1.95. The molecule has 0 bridgehead atoms. The molecule has 8 heteroatoms. The maximum Gasteiger partial charge on any atom is 0.271 e. The first kappa shape index (κ1) is 20.4. The number of halogens is 1. The van der Waals surface area contributed by atoms with Gasteiger partial charge in [-0.2, -0.15) is 5.10 Å². The lowest BCUT2D eigenvalue weighted by Gasteiger charge is -2.09. The minimum Gasteiger partial charge on any atom is -0.493 e. The van der Waals surface area contributed by atoms with Gasteiger partial charge in [0.25, 0.3) is 5.91 Å². The lowest BCUT2D eigenvalue weighted by molar-refractivity contribution is -0.115. The summed E-state index contributed by atoms with van der Waals surface area (Å²) < 4.78 is 11.1. The quantitative estimate of drug-likeness (QED) is 0.515. The van der Waals surface area contributed by atoms with Crippen LogP contribution in [-0.4, -0.2) is 31.7 Å². The number of carbonyl (C=O) groups excluding carboxylic acids is 2. The maximum atomic E-state index is 12.2. The molecular weight excluding hydrogens is 414 g/mol. The van der Waals surface area contributed by atoms with Gasteiger partial charge < -0.3 is 14.8 Å². The number of ether oxygens (including phenoxy) is 2. The molecule has 7 nitrogen and oxygen atoms in total. The normalized spacial score (nSPS) is 10.9. The van der Waals surface area contributed by atoms with Gasteiger partial charge in [0.2, 0.25) is 5.91 Å². The molecule has 2 aromatic rings. The summed E-state index contributed by atoms with van der Waals surface area (Å²) in [5.41, 5.74) is 3.93. The van der Waals surface area contributed by atoms with Crippen molar-refractivity contribution < 1.29 is 19.1 Å². The Morgan fingerprint density at radius 3 is 2.44 bits per heavy atom. The zero-order valence-electron chi connectivity index (χ0n) is 15.2. The molecule has 0 aliphatic carbocycles. The Morgan fingerprint density at radius 2 is 1.78 bits per heavy atom. The Bertz CT molecular complexity index is 868. The molecule has 0 aliphatic heterocycles. The van der Waals surface area contributed by atoms with Crippen LogP contribution in [0, 0.1) is 0 Å². The first-order valence-electron chi connectivity index (χ1n) is 8.04. The molecule has 27 heavy (non-hydrogen) atoms. The molecular formula is C19H20BrN3O4. The molecule has 2 aromatic carbocycles. The van der Waals surface area contributed by atoms with Crippen LogP contribution in [0.15, 0.2) is 52.0 Å². The maximum absolute atomic E-state index is 12.2. The zero-order chi connectivity index (χ0) is 19.8. The topological polar surface area (TPSA) is 89.0 Å². The van der Waals surface area contributed by atoms with E-state index in [1.807, 2.05) is 18.2 Å². The first-order valence-corrected chi connectivity index (χ1v) is 8.83. The average molecular weight is 434 g/mol. The fraction of sp³-hybridized carbons (Fsp3) is 0.211. The highest BCUT2D eigenvalue weighted by atomic mass is 79.9. The van der Waals surface area contributed by atoms with Crippen molar-refractivity contribution in [3.8, 4) is 11.5 Å². The van der Waals surface area contributed by atoms with Crippen LogP contribution in [0.3, 0.4) is 0 Å². The van der Waals surface area contributed by atoms with E-state index in [4.69, 9.17) is 9.47 Å². The third kappa shape index (κ3) is 5.82. The fourth-order valence-corrected chi connectivity index (χ4v) is 2.60. The van der Waals surface area contributed by atoms with E-state index < -0.39 is 5.91 Å². The van der Waals surface area contributed by atoms with E-state index in [0.29, 0.717) is 28.5 Å². The number of nitrogens with one attached hydrogen (secondary N) is 2. The molecule has 0 saturated heterocycles. The minimum atomic E-state index is -0.415. The highest BCUT2D eigenvalue weighted by molar-refractivity contribution is 9.10. The summed E-state index contributed by atoms with van der Waals surface area (Å²) in [5.74, 6) is 0.321. The van der Waals surface area contributed by atoms with Gasteiger partial charge in [0.1, 0.15) is 0 Å². The molecule has 0 fully saturated rings. The van der Waals surface area contributed by atoms with E-state index in [1.165, 1.54) is 14.2 Å². The monoisotopic (exact) mass is 433 g/mol. The number of amides is 2. The van der Waals surface area contributed by atoms with Crippen LogP contribution in [0.5, 0.6) is 11.5 Å². The first-order chi connectivity index (χ1) is 12.9. The van der Waals surface area contributed by atoms with Crippen LogP contribution in [0.25, 0.3) is 0 Å². The number of hydrogen-bond acceptors (Lipinski definition) is 5. The van der Waals surface area contributed by atoms with Crippen LogP contribution in [0.1, 0.15) is 23.7 Å². The summed E-state index contributed by atoms with van der Waals surface area (Å²) in [5, 5.41) is 6.75. The van der Waals surface area contributed by atoms with Crippen molar-refractivity contribution in [1.29, 1.82) is 0 Å². The molecule has 0 unspecified atom stereocenters. The highest BCUT2D eigenvalue weighted by Gasteiger charge is 2.11. The second-order valence-electron chi connectivity index (χ2n) is 5.56. The summed E-state index contributed by atoms with van der Waals surface area (Å²) in [4.78, 5) is 24.3. The van der Waals surface area contributed by atoms with Gasteiger partial charge in [-0.15, -0.1) is 0 Å². The predicted octanol–water partition coefficient (Wildman–Crippen LogP) is 3.60. The van der Waals surface area contributed by atoms with Crippen molar-refractivity contribution in [3.63, 3.8) is 0 Å². The minimum absolute atomic E-state index is 0.0492. The van der Waals surface area contributed by atoms with Gasteiger partial charge in [-0.25, -0.2) is 5.43 Å². The molecule has 0 radical (unpaired) electrons. The van der Waals surface area contributed by atoms with Crippen molar-refractivity contribution in [1.82, 2.24) is 5.43 Å². The van der Waals surface area contributed by atoms with E-state index in [2.05, 4.69) is 31.8 Å². The Hall–Kier alpha value is -2.87. The van der Waals surface area contributed by atoms with E-state index in [0.717, 1.165) is 4.47 Å². The Morgan fingerprint density at radius 1 is 1.07 bits per heavy atom. The largest absolute Gasteiger partial charge is 0.493 e. The number of hydrazone groups is 1. The summed E-state index contributed by atoms with van der Waals surface area (Å²) in [6, 6.07) is 12.1. The molecule has 0 aliphatic rings. The Labute approximate surface area is 165 Å². The van der Waals surface area contributed by atoms with Crippen molar-refractivity contribution in [3.05, 3.63) is 52.5 Å². The molecule has 0 heterocycles. The van der Waals surface area contributed by atoms with Gasteiger partial charge in [-0.1, -0.05) is 12.1 Å². The number of anilines is 1. The van der Waals surface area contributed by atoms with Crippen LogP contribution >= 0.6 is 15.9 Å². The van der Waals surface area contributed by atoms with Crippen molar-refractivity contribution in [2.75, 3.05) is 19.5 Å². The number of carbonyl (C=O) groups is 2. The summed E-state index contributed by atoms with van der Waals surface area (Å²) in [6.45, 7) is 1.66. The van der Waals surface area contributed by atoms with Gasteiger partial charge in [0, 0.05) is 15.7 Å². The van der Waals surface area contributed by atoms with Crippen molar-refractivity contribution in [2.45, 2.75) is 13.3 Å². The standard InChI is InChI=1S/C19H20BrN3O4/c1-12(10-18(24)21-15-7-5-4-6-14(15)20)22-23-19(25)13-8-9-16(26-2)17(11-13)27-3/h4-9,11H,10H2,1-3H3,(H,21,24)(H,23,25)/b22-12+. The summed E-state index contributed by atoms with van der Waals surface area (Å²) in [7, 11) is 3.01. The molecule has 2 N–H and O–H groups in total. The second-order valence-corrected chi connectivity index (χ2v) is 6.42. The lowest BCUT2D eigenvalue weighted by atomic mass is 10.2. The van der Waals surface area contributed by atoms with E-state index in [1.54, 1.807) is 31.2 Å². The third-order valence-corrected chi connectivity index (χ3v) is 4.25. The number of para-hydroxylation sites is 1. The highest BCUT2D eigenvalue weighted by Crippen LogP contribution is 2.27. The fourth-order valence-electron chi connectivity index (χ4n) is 2.22. The average Bonchev–Trinajstić information content (AvgIpc) is 2.67. The Kier molecular flexibility index (Phi) is 7.36. The number of rotatable bonds is 7. The predicted molar refractivity (Wildman–Crippen MR) is 108 cm³/mol. The smallest absolute Gasteiger partial charge is 0.271 e. The van der Waals surface area contributed by atoms with Crippen molar-refractivity contribution in [2.24, 2.45) is 5.10 Å². The molecule has 2 rings (SSSR count). The second kappa shape index (κ2) is 9.72. The lowest BCUT2D eigenvalue weighted by Crippen LogP contribution is -2.21. The van der Waals surface area contributed by atoms with Gasteiger partial charge in [-0.05, 0) is 53.2 Å². The van der Waals surface area contributed by atoms with Crippen molar-refractivity contribution >= 4 is 39.1 Å². The third-order valence-electron chi connectivity index (χ3n) is 3.56. The molecule has 2 amide bonds. The molecule has 0 aromatic heterocycles. The number of nitrogens with zero attached hydrogens (tertiary/aromatic N) is 1. The van der Waals surface area contributed by atoms with Crippen LogP contribution in [-0.2, 0) is 4.79 Å². The molecule has 0 atom stereocenters. The van der Waals surface area contributed by atoms with E-state index in [9.17, 15) is 9.59 Å². The van der Waals surface area contributed by atoms with Crippen LogP contribution in [0.4, 0.5) is 5.69 Å². The van der Waals surface area contributed by atoms with E-state index >= 15 is 0 Å². The molecule has 142 valence electrons. The zero-order valence-corrected chi connectivity index (χ0v) is 16.8. The van der Waals surface area contributed by atoms with Gasteiger partial charge in [-0.3, -0.25) is 9.59 Å². The van der Waals surface area contributed by atoms with Crippen LogP contribution < -0.4 is 20.2 Å². The molecule has 0 spiro atoms. The van der Waals surface area contributed by atoms with Crippen LogP contribution in [0.2, 0.25) is 0 Å². The number of methoxy groups -OCH3 is 2. The number of hydrogen-bond donors (Lipinski definition) is 2. The van der Waals surface area contributed by atoms with Gasteiger partial charge >= 0.3 is 0 Å².